The van der Waals surface area contributed by atoms with E-state index in [1.807, 2.05) is 19.1 Å². The molecule has 0 unspecified atom stereocenters. The van der Waals surface area contributed by atoms with Crippen LogP contribution in [-0.2, 0) is 22.4 Å². The van der Waals surface area contributed by atoms with Gasteiger partial charge in [0.2, 0.25) is 5.91 Å². The van der Waals surface area contributed by atoms with Gasteiger partial charge in [-0.15, -0.1) is 11.3 Å². The Morgan fingerprint density at radius 3 is 2.81 bits per heavy atom. The van der Waals surface area contributed by atoms with Crippen molar-refractivity contribution in [3.05, 3.63) is 41.0 Å². The van der Waals surface area contributed by atoms with Crippen LogP contribution in [0.3, 0.4) is 0 Å². The predicted molar refractivity (Wildman–Crippen MR) is 132 cm³/mol. The molecule has 3 heterocycles. The molecular weight excluding hydrogens is 440 g/mol. The van der Waals surface area contributed by atoms with Gasteiger partial charge < -0.3 is 15.0 Å². The second-order valence-electron chi connectivity index (χ2n) is 8.61. The quantitative estimate of drug-likeness (QED) is 0.430. The molecule has 3 aromatic rings. The molecule has 1 aromatic carbocycles. The molecule has 0 saturated carbocycles. The van der Waals surface area contributed by atoms with E-state index in [-0.39, 0.29) is 11.2 Å². The number of amides is 1. The Hall–Kier alpha value is -2.16. The fourth-order valence-corrected chi connectivity index (χ4v) is 6.74. The van der Waals surface area contributed by atoms with Crippen molar-refractivity contribution >= 4 is 50.6 Å². The third-order valence-corrected chi connectivity index (χ3v) is 8.49. The number of rotatable bonds is 5. The van der Waals surface area contributed by atoms with Crippen LogP contribution in [0, 0.1) is 5.92 Å². The summed E-state index contributed by atoms with van der Waals surface area (Å²) in [7, 11) is 0. The minimum Gasteiger partial charge on any atom is -0.378 e. The van der Waals surface area contributed by atoms with Gasteiger partial charge in [-0.25, -0.2) is 9.97 Å². The number of benzene rings is 1. The van der Waals surface area contributed by atoms with Gasteiger partial charge in [-0.3, -0.25) is 4.79 Å². The van der Waals surface area contributed by atoms with Crippen LogP contribution in [0.4, 0.5) is 11.4 Å². The van der Waals surface area contributed by atoms with Crippen LogP contribution in [0.25, 0.3) is 10.2 Å². The summed E-state index contributed by atoms with van der Waals surface area (Å²) >= 11 is 3.32. The number of thiophene rings is 1. The molecule has 8 heteroatoms. The molecule has 1 fully saturated rings. The number of aryl methyl sites for hydroxylation is 1. The SMILES string of the molecule is C[C@@H]1CCc2c(sc3ncnc(S[C@H](C)C(=O)Nc4ccc(N5CCOCC5)cc4)c23)C1. The normalized spacial score (nSPS) is 19.6. The highest BCUT2D eigenvalue weighted by molar-refractivity contribution is 8.00. The highest BCUT2D eigenvalue weighted by atomic mass is 32.2. The Balaban J connectivity index is 1.27. The monoisotopic (exact) mass is 468 g/mol. The Kier molecular flexibility index (Phi) is 6.35. The zero-order valence-corrected chi connectivity index (χ0v) is 20.1. The van der Waals surface area contributed by atoms with E-state index < -0.39 is 0 Å². The van der Waals surface area contributed by atoms with Gasteiger partial charge in [0, 0.05) is 34.7 Å². The maximum Gasteiger partial charge on any atom is 0.237 e. The number of nitrogens with zero attached hydrogens (tertiary/aromatic N) is 3. The van der Waals surface area contributed by atoms with Crippen LogP contribution in [0.2, 0.25) is 0 Å². The number of aromatic nitrogens is 2. The van der Waals surface area contributed by atoms with Gasteiger partial charge in [-0.1, -0.05) is 18.7 Å². The number of nitrogens with one attached hydrogen (secondary N) is 1. The van der Waals surface area contributed by atoms with Crippen molar-refractivity contribution in [3.63, 3.8) is 0 Å². The summed E-state index contributed by atoms with van der Waals surface area (Å²) in [6.45, 7) is 7.58. The summed E-state index contributed by atoms with van der Waals surface area (Å²) in [4.78, 5) is 26.8. The summed E-state index contributed by atoms with van der Waals surface area (Å²) in [6, 6.07) is 8.06. The number of carbonyl (C=O) groups is 1. The second-order valence-corrected chi connectivity index (χ2v) is 11.0. The Morgan fingerprint density at radius 1 is 1.25 bits per heavy atom. The van der Waals surface area contributed by atoms with Gasteiger partial charge >= 0.3 is 0 Å². The molecule has 2 aromatic heterocycles. The predicted octanol–water partition coefficient (Wildman–Crippen LogP) is 4.77. The molecule has 1 aliphatic carbocycles. The van der Waals surface area contributed by atoms with Crippen molar-refractivity contribution in [2.24, 2.45) is 5.92 Å². The molecule has 1 saturated heterocycles. The number of anilines is 2. The molecule has 0 radical (unpaired) electrons. The fraction of sp³-hybridized carbons (Fsp3) is 0.458. The first-order valence-corrected chi connectivity index (χ1v) is 12.9. The lowest BCUT2D eigenvalue weighted by atomic mass is 9.89. The second kappa shape index (κ2) is 9.37. The lowest BCUT2D eigenvalue weighted by Crippen LogP contribution is -2.36. The maximum absolute atomic E-state index is 12.9. The van der Waals surface area contributed by atoms with Gasteiger partial charge in [0.25, 0.3) is 0 Å². The maximum atomic E-state index is 12.9. The molecule has 2 aliphatic rings. The van der Waals surface area contributed by atoms with Crippen LogP contribution in [0.5, 0.6) is 0 Å². The molecule has 2 atom stereocenters. The molecule has 1 N–H and O–H groups in total. The molecule has 6 nitrogen and oxygen atoms in total. The molecule has 32 heavy (non-hydrogen) atoms. The van der Waals surface area contributed by atoms with Crippen LogP contribution in [-0.4, -0.2) is 47.4 Å². The average Bonchev–Trinajstić information content (AvgIpc) is 3.18. The molecular formula is C24H28N4O2S2. The number of hydrogen-bond donors (Lipinski definition) is 1. The van der Waals surface area contributed by atoms with E-state index in [2.05, 4.69) is 39.2 Å². The van der Waals surface area contributed by atoms with Crippen molar-refractivity contribution in [3.8, 4) is 0 Å². The van der Waals surface area contributed by atoms with Crippen LogP contribution < -0.4 is 10.2 Å². The summed E-state index contributed by atoms with van der Waals surface area (Å²) in [6.07, 6.45) is 5.03. The van der Waals surface area contributed by atoms with E-state index in [9.17, 15) is 4.79 Å². The molecule has 1 amide bonds. The lowest BCUT2D eigenvalue weighted by Gasteiger charge is -2.28. The standard InChI is InChI=1S/C24H28N4O2S2/c1-15-3-8-19-20(13-15)32-24-21(19)23(25-14-26-24)31-16(2)22(29)27-17-4-6-18(7-5-17)28-9-11-30-12-10-28/h4-7,14-16H,3,8-13H2,1-2H3,(H,27,29)/t15-,16-/m1/s1. The number of fused-ring (bicyclic) bond motifs is 3. The van der Waals surface area contributed by atoms with E-state index >= 15 is 0 Å². The van der Waals surface area contributed by atoms with Crippen LogP contribution >= 0.6 is 23.1 Å². The molecule has 168 valence electrons. The minimum absolute atomic E-state index is 0.0152. The van der Waals surface area contributed by atoms with E-state index in [1.54, 1.807) is 17.7 Å². The van der Waals surface area contributed by atoms with Crippen LogP contribution in [0.15, 0.2) is 35.6 Å². The average molecular weight is 469 g/mol. The topological polar surface area (TPSA) is 67.4 Å². The van der Waals surface area contributed by atoms with Gasteiger partial charge in [0.05, 0.1) is 18.5 Å². The van der Waals surface area contributed by atoms with Crippen molar-refractivity contribution in [2.75, 3.05) is 36.5 Å². The zero-order valence-electron chi connectivity index (χ0n) is 18.5. The summed E-state index contributed by atoms with van der Waals surface area (Å²) in [5, 5.41) is 4.89. The molecule has 1 aliphatic heterocycles. The Bertz CT molecular complexity index is 1110. The first-order chi connectivity index (χ1) is 15.6. The van der Waals surface area contributed by atoms with Crippen molar-refractivity contribution < 1.29 is 9.53 Å². The van der Waals surface area contributed by atoms with Crippen molar-refractivity contribution in [1.82, 2.24) is 9.97 Å². The molecule has 0 spiro atoms. The number of ether oxygens (including phenoxy) is 1. The summed E-state index contributed by atoms with van der Waals surface area (Å²) < 4.78 is 5.42. The minimum atomic E-state index is -0.259. The first-order valence-electron chi connectivity index (χ1n) is 11.2. The fourth-order valence-electron chi connectivity index (χ4n) is 4.38. The van der Waals surface area contributed by atoms with E-state index in [0.717, 1.165) is 66.3 Å². The van der Waals surface area contributed by atoms with Crippen LogP contribution in [0.1, 0.15) is 30.7 Å². The van der Waals surface area contributed by atoms with Gasteiger partial charge in [-0.05, 0) is 61.9 Å². The number of morpholine rings is 1. The third kappa shape index (κ3) is 4.49. The largest absolute Gasteiger partial charge is 0.378 e. The number of carbonyl (C=O) groups excluding carboxylic acids is 1. The van der Waals surface area contributed by atoms with Gasteiger partial charge in [-0.2, -0.15) is 0 Å². The Morgan fingerprint density at radius 2 is 2.03 bits per heavy atom. The third-order valence-electron chi connectivity index (χ3n) is 6.23. The van der Waals surface area contributed by atoms with Crippen molar-refractivity contribution in [1.29, 1.82) is 0 Å². The van der Waals surface area contributed by atoms with Gasteiger partial charge in [0.1, 0.15) is 16.2 Å². The van der Waals surface area contributed by atoms with E-state index in [4.69, 9.17) is 4.74 Å². The number of hydrogen-bond acceptors (Lipinski definition) is 7. The van der Waals surface area contributed by atoms with Gasteiger partial charge in [0.15, 0.2) is 0 Å². The van der Waals surface area contributed by atoms with Crippen molar-refractivity contribution in [2.45, 2.75) is 43.4 Å². The lowest BCUT2D eigenvalue weighted by molar-refractivity contribution is -0.115. The summed E-state index contributed by atoms with van der Waals surface area (Å²) in [5.41, 5.74) is 3.38. The van der Waals surface area contributed by atoms with E-state index in [1.165, 1.54) is 34.0 Å². The van der Waals surface area contributed by atoms with E-state index in [0.29, 0.717) is 0 Å². The summed E-state index contributed by atoms with van der Waals surface area (Å²) in [5.74, 6) is 0.706. The smallest absolute Gasteiger partial charge is 0.237 e. The molecule has 0 bridgehead atoms. The highest BCUT2D eigenvalue weighted by Crippen LogP contribution is 2.41. The molecule has 5 rings (SSSR count). The highest BCUT2D eigenvalue weighted by Gasteiger charge is 2.25. The first kappa shape index (κ1) is 21.7. The number of thioether (sulfide) groups is 1. The Labute approximate surface area is 196 Å². The zero-order chi connectivity index (χ0) is 22.1.